The standard InChI is InChI=1S/C15H24N2O3S/c1-10-7-11(8-21-10)12(16)15(19)5-6-17(9-15)13(18)20-14(2,3)4/h7-8,12,19H,5-6,9,16H2,1-4H3. The number of amides is 1. The summed E-state index contributed by atoms with van der Waals surface area (Å²) in [5, 5.41) is 12.7. The van der Waals surface area contributed by atoms with Gasteiger partial charge in [0.05, 0.1) is 12.6 Å². The van der Waals surface area contributed by atoms with Crippen LogP contribution in [0.25, 0.3) is 0 Å². The summed E-state index contributed by atoms with van der Waals surface area (Å²) < 4.78 is 5.34. The van der Waals surface area contributed by atoms with Gasteiger partial charge in [-0.1, -0.05) is 0 Å². The average molecular weight is 312 g/mol. The molecule has 6 heteroatoms. The molecular formula is C15H24N2O3S. The first-order chi connectivity index (χ1) is 9.61. The molecule has 1 aliphatic heterocycles. The summed E-state index contributed by atoms with van der Waals surface area (Å²) in [6, 6.07) is 1.50. The highest BCUT2D eigenvalue weighted by atomic mass is 32.1. The van der Waals surface area contributed by atoms with E-state index in [1.54, 1.807) is 11.3 Å². The Morgan fingerprint density at radius 3 is 2.76 bits per heavy atom. The van der Waals surface area contributed by atoms with E-state index in [0.29, 0.717) is 13.0 Å². The zero-order valence-electron chi connectivity index (χ0n) is 13.0. The molecule has 1 amide bonds. The molecule has 0 spiro atoms. The first-order valence-electron chi connectivity index (χ1n) is 7.12. The molecular weight excluding hydrogens is 288 g/mol. The Morgan fingerprint density at radius 2 is 2.24 bits per heavy atom. The molecule has 1 fully saturated rings. The first kappa shape index (κ1) is 16.3. The Kier molecular flexibility index (Phi) is 4.33. The second-order valence-electron chi connectivity index (χ2n) is 6.72. The van der Waals surface area contributed by atoms with Crippen LogP contribution in [0.5, 0.6) is 0 Å². The van der Waals surface area contributed by atoms with E-state index in [1.807, 2.05) is 39.1 Å². The number of carbonyl (C=O) groups excluding carboxylic acids is 1. The van der Waals surface area contributed by atoms with E-state index in [0.717, 1.165) is 10.4 Å². The molecule has 1 aromatic heterocycles. The Balaban J connectivity index is 2.04. The second kappa shape index (κ2) is 5.59. The molecule has 1 saturated heterocycles. The van der Waals surface area contributed by atoms with Crippen LogP contribution < -0.4 is 5.73 Å². The summed E-state index contributed by atoms with van der Waals surface area (Å²) in [5.41, 5.74) is 5.51. The summed E-state index contributed by atoms with van der Waals surface area (Å²) in [6.07, 6.45) is 0.0644. The van der Waals surface area contributed by atoms with Crippen LogP contribution in [0.15, 0.2) is 11.4 Å². The minimum Gasteiger partial charge on any atom is -0.444 e. The number of β-amino-alcohol motifs (C(OH)–C–C–N with tert-alkyl or cyclic N) is 1. The van der Waals surface area contributed by atoms with Crippen molar-refractivity contribution < 1.29 is 14.6 Å². The maximum atomic E-state index is 12.1. The number of nitrogens with two attached hydrogens (primary N) is 1. The van der Waals surface area contributed by atoms with Gasteiger partial charge in [0.2, 0.25) is 0 Å². The Morgan fingerprint density at radius 1 is 1.57 bits per heavy atom. The van der Waals surface area contributed by atoms with Crippen molar-refractivity contribution in [1.82, 2.24) is 4.90 Å². The van der Waals surface area contributed by atoms with Crippen molar-refractivity contribution >= 4 is 17.4 Å². The van der Waals surface area contributed by atoms with Crippen LogP contribution >= 0.6 is 11.3 Å². The lowest BCUT2D eigenvalue weighted by atomic mass is 9.90. The Hall–Kier alpha value is -1.11. The normalized spacial score (nSPS) is 24.2. The fourth-order valence-corrected chi connectivity index (χ4v) is 3.23. The number of carbonyl (C=O) groups is 1. The van der Waals surface area contributed by atoms with Gasteiger partial charge in [-0.15, -0.1) is 11.3 Å². The third kappa shape index (κ3) is 3.75. The fraction of sp³-hybridized carbons (Fsp3) is 0.667. The van der Waals surface area contributed by atoms with E-state index in [4.69, 9.17) is 10.5 Å². The van der Waals surface area contributed by atoms with Gasteiger partial charge in [-0.05, 0) is 51.1 Å². The number of hydrogen-bond donors (Lipinski definition) is 2. The molecule has 3 N–H and O–H groups in total. The summed E-state index contributed by atoms with van der Waals surface area (Å²) in [7, 11) is 0. The van der Waals surface area contributed by atoms with Crippen LogP contribution in [-0.2, 0) is 4.74 Å². The van der Waals surface area contributed by atoms with Crippen molar-refractivity contribution in [1.29, 1.82) is 0 Å². The quantitative estimate of drug-likeness (QED) is 0.879. The smallest absolute Gasteiger partial charge is 0.410 e. The number of ether oxygens (including phenoxy) is 1. The van der Waals surface area contributed by atoms with Crippen LogP contribution in [0.4, 0.5) is 4.79 Å². The summed E-state index contributed by atoms with van der Waals surface area (Å²) in [6.45, 7) is 8.15. The number of aliphatic hydroxyl groups is 1. The molecule has 0 saturated carbocycles. The summed E-state index contributed by atoms with van der Waals surface area (Å²) >= 11 is 1.61. The van der Waals surface area contributed by atoms with Gasteiger partial charge in [0.25, 0.3) is 0 Å². The predicted octanol–water partition coefficient (Wildman–Crippen LogP) is 2.43. The molecule has 2 heterocycles. The lowest BCUT2D eigenvalue weighted by Crippen LogP contribution is -2.45. The van der Waals surface area contributed by atoms with Crippen molar-refractivity contribution in [3.05, 3.63) is 21.9 Å². The van der Waals surface area contributed by atoms with Crippen LogP contribution in [0.2, 0.25) is 0 Å². The molecule has 118 valence electrons. The highest BCUT2D eigenvalue weighted by molar-refractivity contribution is 7.10. The maximum absolute atomic E-state index is 12.1. The third-order valence-electron chi connectivity index (χ3n) is 3.62. The third-order valence-corrected chi connectivity index (χ3v) is 4.50. The lowest BCUT2D eigenvalue weighted by Gasteiger charge is -2.30. The van der Waals surface area contributed by atoms with Gasteiger partial charge in [-0.2, -0.15) is 0 Å². The highest BCUT2D eigenvalue weighted by Gasteiger charge is 2.44. The van der Waals surface area contributed by atoms with Gasteiger partial charge in [-0.3, -0.25) is 0 Å². The van der Waals surface area contributed by atoms with E-state index in [2.05, 4.69) is 0 Å². The summed E-state index contributed by atoms with van der Waals surface area (Å²) in [4.78, 5) is 14.8. The van der Waals surface area contributed by atoms with Crippen LogP contribution in [0.3, 0.4) is 0 Å². The topological polar surface area (TPSA) is 75.8 Å². The van der Waals surface area contributed by atoms with Crippen molar-refractivity contribution in [2.45, 2.75) is 51.4 Å². The number of likely N-dealkylation sites (tertiary alicyclic amines) is 1. The molecule has 0 aliphatic carbocycles. The van der Waals surface area contributed by atoms with E-state index in [-0.39, 0.29) is 6.54 Å². The number of rotatable bonds is 2. The van der Waals surface area contributed by atoms with Gasteiger partial charge in [-0.25, -0.2) is 4.79 Å². The monoisotopic (exact) mass is 312 g/mol. The SMILES string of the molecule is Cc1cc(C(N)C2(O)CCN(C(=O)OC(C)(C)C)C2)cs1. The number of nitrogens with zero attached hydrogens (tertiary/aromatic N) is 1. The second-order valence-corrected chi connectivity index (χ2v) is 7.84. The van der Waals surface area contributed by atoms with Gasteiger partial charge in [0, 0.05) is 11.4 Å². The largest absolute Gasteiger partial charge is 0.444 e. The molecule has 0 bridgehead atoms. The minimum atomic E-state index is -1.09. The van der Waals surface area contributed by atoms with E-state index >= 15 is 0 Å². The van der Waals surface area contributed by atoms with Crippen molar-refractivity contribution in [2.24, 2.45) is 5.73 Å². The Bertz CT molecular complexity index is 523. The average Bonchev–Trinajstić information content (AvgIpc) is 2.94. The minimum absolute atomic E-state index is 0.206. The number of aryl methyl sites for hydroxylation is 1. The van der Waals surface area contributed by atoms with Crippen molar-refractivity contribution in [3.63, 3.8) is 0 Å². The molecule has 0 radical (unpaired) electrons. The van der Waals surface area contributed by atoms with Gasteiger partial charge < -0.3 is 20.5 Å². The molecule has 2 unspecified atom stereocenters. The molecule has 1 aliphatic rings. The van der Waals surface area contributed by atoms with Gasteiger partial charge in [0.15, 0.2) is 0 Å². The maximum Gasteiger partial charge on any atom is 0.410 e. The van der Waals surface area contributed by atoms with E-state index in [9.17, 15) is 9.90 Å². The molecule has 21 heavy (non-hydrogen) atoms. The highest BCUT2D eigenvalue weighted by Crippen LogP contribution is 2.34. The molecule has 0 aromatic carbocycles. The summed E-state index contributed by atoms with van der Waals surface area (Å²) in [5.74, 6) is 0. The zero-order chi connectivity index (χ0) is 15.8. The van der Waals surface area contributed by atoms with Gasteiger partial charge >= 0.3 is 6.09 Å². The van der Waals surface area contributed by atoms with Crippen LogP contribution in [0, 0.1) is 6.92 Å². The fourth-order valence-electron chi connectivity index (χ4n) is 2.49. The zero-order valence-corrected chi connectivity index (χ0v) is 13.9. The van der Waals surface area contributed by atoms with Crippen molar-refractivity contribution in [2.75, 3.05) is 13.1 Å². The van der Waals surface area contributed by atoms with Gasteiger partial charge in [0.1, 0.15) is 11.2 Å². The molecule has 1 aromatic rings. The van der Waals surface area contributed by atoms with Crippen LogP contribution in [-0.4, -0.2) is 40.4 Å². The molecule has 2 rings (SSSR count). The van der Waals surface area contributed by atoms with E-state index < -0.39 is 23.3 Å². The molecule has 5 nitrogen and oxygen atoms in total. The van der Waals surface area contributed by atoms with E-state index in [1.165, 1.54) is 4.90 Å². The Labute approximate surface area is 129 Å². The van der Waals surface area contributed by atoms with Crippen LogP contribution in [0.1, 0.15) is 43.7 Å². The number of hydrogen-bond acceptors (Lipinski definition) is 5. The van der Waals surface area contributed by atoms with Crippen molar-refractivity contribution in [3.8, 4) is 0 Å². The number of thiophene rings is 1. The first-order valence-corrected chi connectivity index (χ1v) is 8.00. The lowest BCUT2D eigenvalue weighted by molar-refractivity contribution is 0.00513. The molecule has 2 atom stereocenters. The predicted molar refractivity (Wildman–Crippen MR) is 83.4 cm³/mol.